The van der Waals surface area contributed by atoms with Crippen LogP contribution in [-0.2, 0) is 6.54 Å². The SMILES string of the molecule is COc1ccc(Cn2ccc(C)n2)cc1C#N. The fourth-order valence-corrected chi connectivity index (χ4v) is 1.68. The number of aryl methyl sites for hydroxylation is 1. The summed E-state index contributed by atoms with van der Waals surface area (Å²) in [6.07, 6.45) is 1.92. The van der Waals surface area contributed by atoms with Crippen molar-refractivity contribution in [2.24, 2.45) is 0 Å². The van der Waals surface area contributed by atoms with Crippen LogP contribution in [0, 0.1) is 18.3 Å². The third kappa shape index (κ3) is 2.45. The Morgan fingerprint density at radius 1 is 1.41 bits per heavy atom. The Morgan fingerprint density at radius 3 is 2.82 bits per heavy atom. The highest BCUT2D eigenvalue weighted by Gasteiger charge is 2.04. The molecule has 0 saturated carbocycles. The maximum Gasteiger partial charge on any atom is 0.136 e. The van der Waals surface area contributed by atoms with Crippen LogP contribution in [0.1, 0.15) is 16.8 Å². The molecule has 0 bridgehead atoms. The molecule has 0 saturated heterocycles. The van der Waals surface area contributed by atoms with Crippen LogP contribution in [0.3, 0.4) is 0 Å². The van der Waals surface area contributed by atoms with E-state index >= 15 is 0 Å². The summed E-state index contributed by atoms with van der Waals surface area (Å²) in [5.41, 5.74) is 2.57. The maximum absolute atomic E-state index is 8.99. The zero-order valence-corrected chi connectivity index (χ0v) is 9.84. The Morgan fingerprint density at radius 2 is 2.24 bits per heavy atom. The van der Waals surface area contributed by atoms with Gasteiger partial charge in [-0.25, -0.2) is 0 Å². The fraction of sp³-hybridized carbons (Fsp3) is 0.231. The van der Waals surface area contributed by atoms with Gasteiger partial charge < -0.3 is 4.74 Å². The number of nitriles is 1. The van der Waals surface area contributed by atoms with Crippen LogP contribution in [0.15, 0.2) is 30.5 Å². The largest absolute Gasteiger partial charge is 0.495 e. The minimum absolute atomic E-state index is 0.550. The van der Waals surface area contributed by atoms with Gasteiger partial charge in [-0.2, -0.15) is 10.4 Å². The molecule has 0 spiro atoms. The highest BCUT2D eigenvalue weighted by molar-refractivity contribution is 5.45. The van der Waals surface area contributed by atoms with Gasteiger partial charge in [-0.1, -0.05) is 6.07 Å². The highest BCUT2D eigenvalue weighted by atomic mass is 16.5. The molecular weight excluding hydrogens is 214 g/mol. The molecule has 0 amide bonds. The van der Waals surface area contributed by atoms with Crippen molar-refractivity contribution in [3.8, 4) is 11.8 Å². The van der Waals surface area contributed by atoms with Crippen molar-refractivity contribution in [1.82, 2.24) is 9.78 Å². The van der Waals surface area contributed by atoms with E-state index in [9.17, 15) is 0 Å². The molecule has 1 aromatic carbocycles. The van der Waals surface area contributed by atoms with Crippen LogP contribution in [0.2, 0.25) is 0 Å². The van der Waals surface area contributed by atoms with Gasteiger partial charge in [-0.05, 0) is 30.7 Å². The van der Waals surface area contributed by atoms with Gasteiger partial charge in [-0.15, -0.1) is 0 Å². The van der Waals surface area contributed by atoms with Crippen LogP contribution < -0.4 is 4.74 Å². The van der Waals surface area contributed by atoms with E-state index in [0.29, 0.717) is 17.9 Å². The molecule has 0 N–H and O–H groups in total. The summed E-state index contributed by atoms with van der Waals surface area (Å²) < 4.78 is 6.95. The first-order valence-electron chi connectivity index (χ1n) is 5.30. The number of benzene rings is 1. The Balaban J connectivity index is 2.26. The first-order chi connectivity index (χ1) is 8.22. The molecule has 0 aliphatic heterocycles. The van der Waals surface area contributed by atoms with Crippen LogP contribution >= 0.6 is 0 Å². The van der Waals surface area contributed by atoms with Crippen LogP contribution in [-0.4, -0.2) is 16.9 Å². The van der Waals surface area contributed by atoms with E-state index in [1.54, 1.807) is 7.11 Å². The lowest BCUT2D eigenvalue weighted by molar-refractivity contribution is 0.413. The number of ether oxygens (including phenoxy) is 1. The molecule has 4 heteroatoms. The van der Waals surface area contributed by atoms with Crippen LogP contribution in [0.5, 0.6) is 5.75 Å². The molecule has 0 radical (unpaired) electrons. The van der Waals surface area contributed by atoms with Gasteiger partial charge in [0.2, 0.25) is 0 Å². The molecule has 0 unspecified atom stereocenters. The molecule has 2 rings (SSSR count). The molecule has 0 aliphatic carbocycles. The lowest BCUT2D eigenvalue weighted by Gasteiger charge is -2.06. The van der Waals surface area contributed by atoms with Crippen molar-refractivity contribution in [2.75, 3.05) is 7.11 Å². The number of aromatic nitrogens is 2. The highest BCUT2D eigenvalue weighted by Crippen LogP contribution is 2.19. The van der Waals surface area contributed by atoms with Gasteiger partial charge in [0.05, 0.1) is 24.9 Å². The fourth-order valence-electron chi connectivity index (χ4n) is 1.68. The second kappa shape index (κ2) is 4.71. The molecule has 17 heavy (non-hydrogen) atoms. The van der Waals surface area contributed by atoms with E-state index in [4.69, 9.17) is 10.00 Å². The van der Waals surface area contributed by atoms with Crippen molar-refractivity contribution in [3.63, 3.8) is 0 Å². The molecule has 0 fully saturated rings. The smallest absolute Gasteiger partial charge is 0.136 e. The third-order valence-electron chi connectivity index (χ3n) is 2.50. The van der Waals surface area contributed by atoms with E-state index in [1.807, 2.05) is 42.1 Å². The predicted molar refractivity (Wildman–Crippen MR) is 63.8 cm³/mol. The predicted octanol–water partition coefficient (Wildman–Crippen LogP) is 2.12. The zero-order valence-electron chi connectivity index (χ0n) is 9.84. The molecule has 0 aliphatic rings. The number of rotatable bonds is 3. The Hall–Kier alpha value is -2.28. The molecule has 1 aromatic heterocycles. The van der Waals surface area contributed by atoms with Crippen molar-refractivity contribution in [3.05, 3.63) is 47.3 Å². The molecule has 2 aromatic rings. The second-order valence-corrected chi connectivity index (χ2v) is 3.80. The summed E-state index contributed by atoms with van der Waals surface area (Å²) >= 11 is 0. The molecule has 4 nitrogen and oxygen atoms in total. The van der Waals surface area contributed by atoms with Gasteiger partial charge in [0.25, 0.3) is 0 Å². The summed E-state index contributed by atoms with van der Waals surface area (Å²) in [6, 6.07) is 9.66. The van der Waals surface area contributed by atoms with E-state index in [1.165, 1.54) is 0 Å². The lowest BCUT2D eigenvalue weighted by atomic mass is 10.1. The van der Waals surface area contributed by atoms with Crippen molar-refractivity contribution >= 4 is 0 Å². The topological polar surface area (TPSA) is 50.8 Å². The molecular formula is C13H13N3O. The van der Waals surface area contributed by atoms with Crippen molar-refractivity contribution < 1.29 is 4.74 Å². The minimum atomic E-state index is 0.550. The number of hydrogen-bond donors (Lipinski definition) is 0. The van der Waals surface area contributed by atoms with Crippen molar-refractivity contribution in [2.45, 2.75) is 13.5 Å². The summed E-state index contributed by atoms with van der Waals surface area (Å²) in [5.74, 6) is 0.605. The maximum atomic E-state index is 8.99. The Kier molecular flexibility index (Phi) is 3.10. The summed E-state index contributed by atoms with van der Waals surface area (Å²) in [5, 5.41) is 13.3. The normalized spacial score (nSPS) is 9.94. The Labute approximate surface area is 100 Å². The van der Waals surface area contributed by atoms with E-state index in [2.05, 4.69) is 11.2 Å². The average Bonchev–Trinajstić information content (AvgIpc) is 2.74. The number of hydrogen-bond acceptors (Lipinski definition) is 3. The summed E-state index contributed by atoms with van der Waals surface area (Å²) in [7, 11) is 1.56. The number of methoxy groups -OCH3 is 1. The van der Waals surface area contributed by atoms with Gasteiger partial charge in [0.1, 0.15) is 11.8 Å². The quantitative estimate of drug-likeness (QED) is 0.807. The van der Waals surface area contributed by atoms with E-state index in [0.717, 1.165) is 11.3 Å². The summed E-state index contributed by atoms with van der Waals surface area (Å²) in [6.45, 7) is 2.61. The monoisotopic (exact) mass is 227 g/mol. The summed E-state index contributed by atoms with van der Waals surface area (Å²) in [4.78, 5) is 0. The van der Waals surface area contributed by atoms with Gasteiger partial charge in [0.15, 0.2) is 0 Å². The van der Waals surface area contributed by atoms with Gasteiger partial charge in [0, 0.05) is 6.20 Å². The van der Waals surface area contributed by atoms with E-state index in [-0.39, 0.29) is 0 Å². The standard InChI is InChI=1S/C13H13N3O/c1-10-5-6-16(15-10)9-11-3-4-13(17-2)12(7-11)8-14/h3-7H,9H2,1-2H3. The zero-order chi connectivity index (χ0) is 12.3. The molecule has 0 atom stereocenters. The van der Waals surface area contributed by atoms with Crippen molar-refractivity contribution in [1.29, 1.82) is 5.26 Å². The second-order valence-electron chi connectivity index (χ2n) is 3.80. The lowest BCUT2D eigenvalue weighted by Crippen LogP contribution is -2.01. The molecule has 86 valence electrons. The van der Waals surface area contributed by atoms with E-state index < -0.39 is 0 Å². The van der Waals surface area contributed by atoms with Gasteiger partial charge >= 0.3 is 0 Å². The third-order valence-corrected chi connectivity index (χ3v) is 2.50. The molecule has 1 heterocycles. The minimum Gasteiger partial charge on any atom is -0.495 e. The average molecular weight is 227 g/mol. The Bertz CT molecular complexity index is 566. The van der Waals surface area contributed by atoms with Gasteiger partial charge in [-0.3, -0.25) is 4.68 Å². The first-order valence-corrected chi connectivity index (χ1v) is 5.30. The first kappa shape index (κ1) is 11.2. The van der Waals surface area contributed by atoms with Crippen LogP contribution in [0.4, 0.5) is 0 Å². The van der Waals surface area contributed by atoms with Crippen LogP contribution in [0.25, 0.3) is 0 Å². The number of nitrogens with zero attached hydrogens (tertiary/aromatic N) is 3.